The molecule has 0 aliphatic carbocycles. The molecular weight excluding hydrogens is 276 g/mol. The Hall–Kier alpha value is -2.75. The second-order valence-electron chi connectivity index (χ2n) is 5.45. The molecule has 3 rings (SSSR count). The Morgan fingerprint density at radius 2 is 1.86 bits per heavy atom. The highest BCUT2D eigenvalue weighted by atomic mass is 16.3. The van der Waals surface area contributed by atoms with Crippen molar-refractivity contribution in [2.24, 2.45) is 0 Å². The lowest BCUT2D eigenvalue weighted by Crippen LogP contribution is -2.13. The van der Waals surface area contributed by atoms with Gasteiger partial charge in [-0.15, -0.1) is 0 Å². The van der Waals surface area contributed by atoms with E-state index in [9.17, 15) is 4.79 Å². The molecule has 1 aromatic heterocycles. The highest BCUT2D eigenvalue weighted by Crippen LogP contribution is 2.26. The number of fused-ring (bicyclic) bond motifs is 1. The van der Waals surface area contributed by atoms with E-state index in [4.69, 9.17) is 4.42 Å². The predicted octanol–water partition coefficient (Wildman–Crippen LogP) is 4.06. The minimum Gasteiger partial charge on any atom is -0.451 e. The Morgan fingerprint density at radius 1 is 1.09 bits per heavy atom. The van der Waals surface area contributed by atoms with E-state index >= 15 is 0 Å². The molecule has 3 aromatic rings. The van der Waals surface area contributed by atoms with Gasteiger partial charge in [0.2, 0.25) is 0 Å². The van der Waals surface area contributed by atoms with E-state index in [-0.39, 0.29) is 5.91 Å². The van der Waals surface area contributed by atoms with Gasteiger partial charge in [-0.3, -0.25) is 4.79 Å². The smallest absolute Gasteiger partial charge is 0.291 e. The molecule has 0 saturated heterocycles. The Bertz CT molecular complexity index is 834. The molecule has 4 heteroatoms. The Labute approximate surface area is 129 Å². The zero-order valence-corrected chi connectivity index (χ0v) is 12.9. The molecule has 0 radical (unpaired) electrons. The van der Waals surface area contributed by atoms with E-state index in [0.717, 1.165) is 27.9 Å². The van der Waals surface area contributed by atoms with Crippen LogP contribution in [0.15, 0.2) is 52.9 Å². The van der Waals surface area contributed by atoms with E-state index in [1.807, 2.05) is 74.4 Å². The molecule has 112 valence electrons. The molecule has 0 aliphatic rings. The fourth-order valence-corrected chi connectivity index (χ4v) is 2.44. The van der Waals surface area contributed by atoms with Crippen LogP contribution >= 0.6 is 0 Å². The average molecular weight is 294 g/mol. The number of anilines is 2. The third-order valence-corrected chi connectivity index (χ3v) is 3.67. The molecule has 0 aliphatic heterocycles. The first-order chi connectivity index (χ1) is 10.6. The van der Waals surface area contributed by atoms with Crippen LogP contribution in [-0.4, -0.2) is 20.0 Å². The van der Waals surface area contributed by atoms with Crippen molar-refractivity contribution in [3.8, 4) is 0 Å². The first-order valence-electron chi connectivity index (χ1n) is 7.13. The summed E-state index contributed by atoms with van der Waals surface area (Å²) in [4.78, 5) is 14.5. The van der Waals surface area contributed by atoms with Crippen LogP contribution in [0.2, 0.25) is 0 Å². The van der Waals surface area contributed by atoms with E-state index in [1.165, 1.54) is 0 Å². The summed E-state index contributed by atoms with van der Waals surface area (Å²) in [5.74, 6) is 0.126. The largest absolute Gasteiger partial charge is 0.451 e. The quantitative estimate of drug-likeness (QED) is 0.792. The molecular formula is C18H18N2O2. The van der Waals surface area contributed by atoms with Crippen LogP contribution in [0, 0.1) is 6.92 Å². The number of para-hydroxylation sites is 1. The maximum Gasteiger partial charge on any atom is 0.291 e. The van der Waals surface area contributed by atoms with Crippen LogP contribution in [0.25, 0.3) is 11.0 Å². The summed E-state index contributed by atoms with van der Waals surface area (Å²) in [7, 11) is 3.93. The zero-order valence-electron chi connectivity index (χ0n) is 12.9. The topological polar surface area (TPSA) is 45.5 Å². The van der Waals surface area contributed by atoms with E-state index in [1.54, 1.807) is 0 Å². The lowest BCUT2D eigenvalue weighted by atomic mass is 10.1. The van der Waals surface area contributed by atoms with Gasteiger partial charge in [0.1, 0.15) is 5.58 Å². The van der Waals surface area contributed by atoms with Gasteiger partial charge in [0, 0.05) is 36.4 Å². The van der Waals surface area contributed by atoms with Crippen molar-refractivity contribution < 1.29 is 9.21 Å². The van der Waals surface area contributed by atoms with Crippen molar-refractivity contribution >= 4 is 28.3 Å². The summed E-state index contributed by atoms with van der Waals surface area (Å²) in [5, 5.41) is 3.86. The number of amides is 1. The second-order valence-corrected chi connectivity index (χ2v) is 5.45. The Balaban J connectivity index is 1.90. The summed E-state index contributed by atoms with van der Waals surface area (Å²) >= 11 is 0. The molecule has 22 heavy (non-hydrogen) atoms. The number of carbonyl (C=O) groups excluding carboxylic acids is 1. The van der Waals surface area contributed by atoms with Crippen LogP contribution in [0.5, 0.6) is 0 Å². The molecule has 0 spiro atoms. The average Bonchev–Trinajstić information content (AvgIpc) is 2.85. The third kappa shape index (κ3) is 2.55. The second kappa shape index (κ2) is 5.56. The van der Waals surface area contributed by atoms with Gasteiger partial charge in [-0.05, 0) is 31.2 Å². The van der Waals surface area contributed by atoms with Crippen LogP contribution in [0.3, 0.4) is 0 Å². The number of nitrogens with one attached hydrogen (secondary N) is 1. The summed E-state index contributed by atoms with van der Waals surface area (Å²) in [5.41, 5.74) is 3.36. The summed E-state index contributed by atoms with van der Waals surface area (Å²) in [6.45, 7) is 1.90. The molecule has 0 fully saturated rings. The van der Waals surface area contributed by atoms with Gasteiger partial charge in [0.05, 0.1) is 0 Å². The summed E-state index contributed by atoms with van der Waals surface area (Å²) in [6.07, 6.45) is 0. The summed E-state index contributed by atoms with van der Waals surface area (Å²) in [6, 6.07) is 15.3. The number of rotatable bonds is 3. The number of hydrogen-bond donors (Lipinski definition) is 1. The Kier molecular flexibility index (Phi) is 3.59. The van der Waals surface area contributed by atoms with E-state index < -0.39 is 0 Å². The fraction of sp³-hybridized carbons (Fsp3) is 0.167. The SMILES string of the molecule is Cc1c(C(=O)Nc2cccc(N(C)C)c2)oc2ccccc12. The maximum absolute atomic E-state index is 12.5. The molecule has 1 heterocycles. The van der Waals surface area contributed by atoms with E-state index in [2.05, 4.69) is 5.32 Å². The number of benzene rings is 2. The van der Waals surface area contributed by atoms with Crippen molar-refractivity contribution in [3.05, 3.63) is 59.9 Å². The molecule has 0 unspecified atom stereocenters. The minimum absolute atomic E-state index is 0.232. The predicted molar refractivity (Wildman–Crippen MR) is 89.7 cm³/mol. The normalized spacial score (nSPS) is 10.7. The van der Waals surface area contributed by atoms with Gasteiger partial charge in [-0.25, -0.2) is 0 Å². The van der Waals surface area contributed by atoms with Crippen molar-refractivity contribution in [2.45, 2.75) is 6.92 Å². The molecule has 4 nitrogen and oxygen atoms in total. The van der Waals surface area contributed by atoms with Gasteiger partial charge >= 0.3 is 0 Å². The first kappa shape index (κ1) is 14.2. The van der Waals surface area contributed by atoms with Crippen molar-refractivity contribution in [1.82, 2.24) is 0 Å². The van der Waals surface area contributed by atoms with Gasteiger partial charge in [0.25, 0.3) is 5.91 Å². The first-order valence-corrected chi connectivity index (χ1v) is 7.13. The summed E-state index contributed by atoms with van der Waals surface area (Å²) < 4.78 is 5.69. The molecule has 0 saturated carbocycles. The van der Waals surface area contributed by atoms with Gasteiger partial charge in [0.15, 0.2) is 5.76 Å². The minimum atomic E-state index is -0.232. The van der Waals surface area contributed by atoms with Crippen molar-refractivity contribution in [2.75, 3.05) is 24.3 Å². The van der Waals surface area contributed by atoms with Gasteiger partial charge in [-0.2, -0.15) is 0 Å². The van der Waals surface area contributed by atoms with Crippen LogP contribution in [-0.2, 0) is 0 Å². The van der Waals surface area contributed by atoms with Crippen LogP contribution in [0.1, 0.15) is 16.1 Å². The van der Waals surface area contributed by atoms with Crippen LogP contribution in [0.4, 0.5) is 11.4 Å². The van der Waals surface area contributed by atoms with E-state index in [0.29, 0.717) is 5.76 Å². The number of furan rings is 1. The Morgan fingerprint density at radius 3 is 2.59 bits per heavy atom. The third-order valence-electron chi connectivity index (χ3n) is 3.67. The monoisotopic (exact) mass is 294 g/mol. The highest BCUT2D eigenvalue weighted by Gasteiger charge is 2.17. The lowest BCUT2D eigenvalue weighted by molar-refractivity contribution is 0.0998. The fourth-order valence-electron chi connectivity index (χ4n) is 2.44. The number of carbonyl (C=O) groups is 1. The number of aryl methyl sites for hydroxylation is 1. The van der Waals surface area contributed by atoms with Crippen molar-refractivity contribution in [3.63, 3.8) is 0 Å². The van der Waals surface area contributed by atoms with Gasteiger partial charge < -0.3 is 14.6 Å². The molecule has 1 N–H and O–H groups in total. The molecule has 2 aromatic carbocycles. The maximum atomic E-state index is 12.5. The zero-order chi connectivity index (χ0) is 15.7. The molecule has 0 atom stereocenters. The van der Waals surface area contributed by atoms with Gasteiger partial charge in [-0.1, -0.05) is 24.3 Å². The molecule has 0 bridgehead atoms. The van der Waals surface area contributed by atoms with Crippen LogP contribution < -0.4 is 10.2 Å². The molecule has 1 amide bonds. The number of hydrogen-bond acceptors (Lipinski definition) is 3. The standard InChI is InChI=1S/C18H18N2O2/c1-12-15-9-4-5-10-16(15)22-17(12)18(21)19-13-7-6-8-14(11-13)20(2)3/h4-11H,1-3H3,(H,19,21). The highest BCUT2D eigenvalue weighted by molar-refractivity contribution is 6.06. The lowest BCUT2D eigenvalue weighted by Gasteiger charge is -2.13. The number of nitrogens with zero attached hydrogens (tertiary/aromatic N) is 1. The van der Waals surface area contributed by atoms with Crippen molar-refractivity contribution in [1.29, 1.82) is 0 Å².